The van der Waals surface area contributed by atoms with E-state index in [1.807, 2.05) is 6.92 Å². The molecule has 1 fully saturated rings. The monoisotopic (exact) mass is 236 g/mol. The summed E-state index contributed by atoms with van der Waals surface area (Å²) in [6.45, 7) is 1.81. The second kappa shape index (κ2) is 4.71. The fourth-order valence-corrected chi connectivity index (χ4v) is 2.14. The molecule has 0 radical (unpaired) electrons. The topological polar surface area (TPSA) is 78.4 Å². The van der Waals surface area contributed by atoms with E-state index in [9.17, 15) is 10.1 Å². The molecule has 17 heavy (non-hydrogen) atoms. The van der Waals surface area contributed by atoms with Crippen LogP contribution in [-0.4, -0.2) is 17.1 Å². The van der Waals surface area contributed by atoms with E-state index >= 15 is 0 Å². The zero-order chi connectivity index (χ0) is 12.4. The van der Waals surface area contributed by atoms with Crippen LogP contribution < -0.4 is 10.5 Å². The number of nitrogens with two attached hydrogens (primary N) is 1. The number of nitro benzene ring substituents is 1. The van der Waals surface area contributed by atoms with Crippen LogP contribution in [0.2, 0.25) is 0 Å². The molecule has 1 aromatic rings. The molecule has 2 unspecified atom stereocenters. The first-order valence-electron chi connectivity index (χ1n) is 5.75. The standard InChI is InChI=1S/C12H16N2O3/c1-8-7-9(14(15)16)5-6-11(8)17-12-4-2-3-10(12)13/h5-7,10,12H,2-4,13H2,1H3. The van der Waals surface area contributed by atoms with Crippen LogP contribution in [-0.2, 0) is 0 Å². The number of rotatable bonds is 3. The van der Waals surface area contributed by atoms with Gasteiger partial charge in [-0.15, -0.1) is 0 Å². The van der Waals surface area contributed by atoms with Crippen LogP contribution in [0.1, 0.15) is 24.8 Å². The number of benzene rings is 1. The largest absolute Gasteiger partial charge is 0.489 e. The van der Waals surface area contributed by atoms with Gasteiger partial charge >= 0.3 is 0 Å². The van der Waals surface area contributed by atoms with Crippen LogP contribution in [0.4, 0.5) is 5.69 Å². The lowest BCUT2D eigenvalue weighted by atomic mass is 10.2. The fourth-order valence-electron chi connectivity index (χ4n) is 2.14. The van der Waals surface area contributed by atoms with Crippen LogP contribution >= 0.6 is 0 Å². The summed E-state index contributed by atoms with van der Waals surface area (Å²) in [5.41, 5.74) is 6.79. The van der Waals surface area contributed by atoms with Crippen molar-refractivity contribution in [3.05, 3.63) is 33.9 Å². The SMILES string of the molecule is Cc1cc([N+](=O)[O-])ccc1OC1CCCC1N. The summed E-state index contributed by atoms with van der Waals surface area (Å²) < 4.78 is 5.81. The summed E-state index contributed by atoms with van der Waals surface area (Å²) in [7, 11) is 0. The van der Waals surface area contributed by atoms with Gasteiger partial charge < -0.3 is 10.5 Å². The Morgan fingerprint density at radius 3 is 2.76 bits per heavy atom. The molecule has 0 bridgehead atoms. The summed E-state index contributed by atoms with van der Waals surface area (Å²) in [6, 6.07) is 4.71. The first kappa shape index (κ1) is 11.9. The molecule has 5 nitrogen and oxygen atoms in total. The quantitative estimate of drug-likeness (QED) is 0.644. The summed E-state index contributed by atoms with van der Waals surface area (Å²) in [4.78, 5) is 10.2. The lowest BCUT2D eigenvalue weighted by Crippen LogP contribution is -2.33. The second-order valence-corrected chi connectivity index (χ2v) is 4.46. The van der Waals surface area contributed by atoms with Crippen molar-refractivity contribution in [2.75, 3.05) is 0 Å². The number of hydrogen-bond donors (Lipinski definition) is 1. The van der Waals surface area contributed by atoms with Gasteiger partial charge in [0.25, 0.3) is 5.69 Å². The van der Waals surface area contributed by atoms with E-state index in [1.165, 1.54) is 12.1 Å². The maximum atomic E-state index is 10.6. The van der Waals surface area contributed by atoms with Crippen molar-refractivity contribution in [2.45, 2.75) is 38.3 Å². The van der Waals surface area contributed by atoms with E-state index in [2.05, 4.69) is 0 Å². The maximum absolute atomic E-state index is 10.6. The van der Waals surface area contributed by atoms with Crippen molar-refractivity contribution >= 4 is 5.69 Å². The number of nitro groups is 1. The molecule has 0 spiro atoms. The van der Waals surface area contributed by atoms with Crippen molar-refractivity contribution in [3.63, 3.8) is 0 Å². The Balaban J connectivity index is 2.14. The highest BCUT2D eigenvalue weighted by Gasteiger charge is 2.26. The van der Waals surface area contributed by atoms with Gasteiger partial charge in [0.1, 0.15) is 11.9 Å². The summed E-state index contributed by atoms with van der Waals surface area (Å²) in [5.74, 6) is 0.693. The van der Waals surface area contributed by atoms with E-state index in [-0.39, 0.29) is 17.8 Å². The molecule has 2 rings (SSSR count). The van der Waals surface area contributed by atoms with Gasteiger partial charge in [-0.2, -0.15) is 0 Å². The molecule has 2 atom stereocenters. The third kappa shape index (κ3) is 2.55. The van der Waals surface area contributed by atoms with Gasteiger partial charge in [0, 0.05) is 18.2 Å². The Hall–Kier alpha value is -1.62. The Bertz CT molecular complexity index is 434. The third-order valence-electron chi connectivity index (χ3n) is 3.15. The second-order valence-electron chi connectivity index (χ2n) is 4.46. The highest BCUT2D eigenvalue weighted by atomic mass is 16.6. The van der Waals surface area contributed by atoms with E-state index in [4.69, 9.17) is 10.5 Å². The highest BCUT2D eigenvalue weighted by molar-refractivity contribution is 5.43. The first-order chi connectivity index (χ1) is 8.08. The number of aryl methyl sites for hydroxylation is 1. The Labute approximate surface area is 99.7 Å². The maximum Gasteiger partial charge on any atom is 0.269 e. The van der Waals surface area contributed by atoms with Gasteiger partial charge in [-0.3, -0.25) is 10.1 Å². The van der Waals surface area contributed by atoms with Crippen LogP contribution in [0.15, 0.2) is 18.2 Å². The molecule has 0 amide bonds. The Kier molecular flexibility index (Phi) is 3.28. The minimum atomic E-state index is -0.405. The van der Waals surface area contributed by atoms with Gasteiger partial charge in [-0.25, -0.2) is 0 Å². The normalized spacial score (nSPS) is 23.6. The molecule has 1 aliphatic carbocycles. The molecule has 1 saturated carbocycles. The zero-order valence-electron chi connectivity index (χ0n) is 9.76. The minimum Gasteiger partial charge on any atom is -0.489 e. The third-order valence-corrected chi connectivity index (χ3v) is 3.15. The molecule has 0 aliphatic heterocycles. The molecule has 5 heteroatoms. The van der Waals surface area contributed by atoms with Gasteiger partial charge in [0.05, 0.1) is 4.92 Å². The molecule has 0 aromatic heterocycles. The van der Waals surface area contributed by atoms with Gasteiger partial charge in [0.15, 0.2) is 0 Å². The molecule has 92 valence electrons. The molecule has 1 aromatic carbocycles. The summed E-state index contributed by atoms with van der Waals surface area (Å²) >= 11 is 0. The average molecular weight is 236 g/mol. The van der Waals surface area contributed by atoms with Crippen molar-refractivity contribution in [3.8, 4) is 5.75 Å². The number of nitrogens with zero attached hydrogens (tertiary/aromatic N) is 1. The lowest BCUT2D eigenvalue weighted by molar-refractivity contribution is -0.384. The lowest BCUT2D eigenvalue weighted by Gasteiger charge is -2.19. The fraction of sp³-hybridized carbons (Fsp3) is 0.500. The molecule has 0 saturated heterocycles. The average Bonchev–Trinajstić information content (AvgIpc) is 2.67. The summed E-state index contributed by atoms with van der Waals surface area (Å²) in [5, 5.41) is 10.6. The van der Waals surface area contributed by atoms with E-state index in [1.54, 1.807) is 6.07 Å². The van der Waals surface area contributed by atoms with Crippen LogP contribution in [0.25, 0.3) is 0 Å². The molecule has 1 aliphatic rings. The van der Waals surface area contributed by atoms with Crippen LogP contribution in [0, 0.1) is 17.0 Å². The molecular weight excluding hydrogens is 220 g/mol. The number of ether oxygens (including phenoxy) is 1. The predicted octanol–water partition coefficient (Wildman–Crippen LogP) is 2.16. The predicted molar refractivity (Wildman–Crippen MR) is 64.1 cm³/mol. The van der Waals surface area contributed by atoms with Crippen molar-refractivity contribution in [1.29, 1.82) is 0 Å². The Morgan fingerprint density at radius 2 is 2.24 bits per heavy atom. The molecule has 0 heterocycles. The first-order valence-corrected chi connectivity index (χ1v) is 5.75. The van der Waals surface area contributed by atoms with E-state index in [0.717, 1.165) is 24.8 Å². The van der Waals surface area contributed by atoms with Crippen LogP contribution in [0.3, 0.4) is 0 Å². The van der Waals surface area contributed by atoms with Gasteiger partial charge in [-0.05, 0) is 37.8 Å². The Morgan fingerprint density at radius 1 is 1.47 bits per heavy atom. The van der Waals surface area contributed by atoms with Crippen molar-refractivity contribution in [1.82, 2.24) is 0 Å². The van der Waals surface area contributed by atoms with E-state index < -0.39 is 4.92 Å². The van der Waals surface area contributed by atoms with Gasteiger partial charge in [-0.1, -0.05) is 0 Å². The number of non-ortho nitro benzene ring substituents is 1. The highest BCUT2D eigenvalue weighted by Crippen LogP contribution is 2.28. The smallest absolute Gasteiger partial charge is 0.269 e. The van der Waals surface area contributed by atoms with Gasteiger partial charge in [0.2, 0.25) is 0 Å². The van der Waals surface area contributed by atoms with Crippen molar-refractivity contribution in [2.24, 2.45) is 5.73 Å². The van der Waals surface area contributed by atoms with E-state index in [0.29, 0.717) is 5.75 Å². The van der Waals surface area contributed by atoms with Crippen molar-refractivity contribution < 1.29 is 9.66 Å². The molecular formula is C12H16N2O3. The van der Waals surface area contributed by atoms with Crippen LogP contribution in [0.5, 0.6) is 5.75 Å². The molecule has 2 N–H and O–H groups in total. The zero-order valence-corrected chi connectivity index (χ0v) is 9.76. The minimum absolute atomic E-state index is 0.0372. The summed E-state index contributed by atoms with van der Waals surface area (Å²) in [6.07, 6.45) is 3.06. The number of hydrogen-bond acceptors (Lipinski definition) is 4.